The number of anilines is 2. The van der Waals surface area contributed by atoms with E-state index in [0.29, 0.717) is 22.5 Å². The summed E-state index contributed by atoms with van der Waals surface area (Å²) in [5.74, 6) is -0.585. The number of esters is 1. The van der Waals surface area contributed by atoms with E-state index in [9.17, 15) is 26.4 Å². The first kappa shape index (κ1) is 41.6. The van der Waals surface area contributed by atoms with Gasteiger partial charge in [-0.25, -0.2) is 21.6 Å². The Morgan fingerprint density at radius 1 is 0.661 bits per heavy atom. The van der Waals surface area contributed by atoms with Gasteiger partial charge in [0.2, 0.25) is 20.0 Å². The zero-order valence-electron chi connectivity index (χ0n) is 32.4. The third-order valence-electron chi connectivity index (χ3n) is 9.01. The Bertz CT molecular complexity index is 2380. The fourth-order valence-corrected chi connectivity index (χ4v) is 7.86. The monoisotopic (exact) mass is 801 g/mol. The zero-order chi connectivity index (χ0) is 40.9. The molecule has 296 valence electrons. The summed E-state index contributed by atoms with van der Waals surface area (Å²) in [6.07, 6.45) is 5.91. The average molecular weight is 802 g/mol. The minimum absolute atomic E-state index is 0.0572. The van der Waals surface area contributed by atoms with Gasteiger partial charge in [-0.05, 0) is 87.4 Å². The molecular weight excluding hydrogens is 755 g/mol. The summed E-state index contributed by atoms with van der Waals surface area (Å²) in [6.45, 7) is 8.36. The average Bonchev–Trinajstić information content (AvgIpc) is 3.79. The van der Waals surface area contributed by atoms with Crippen molar-refractivity contribution in [3.63, 3.8) is 0 Å². The fourth-order valence-electron chi connectivity index (χ4n) is 6.10. The second kappa shape index (κ2) is 17.1. The van der Waals surface area contributed by atoms with Crippen LogP contribution in [0.2, 0.25) is 0 Å². The molecule has 56 heavy (non-hydrogen) atoms. The molecule has 0 aliphatic heterocycles. The zero-order valence-corrected chi connectivity index (χ0v) is 34.1. The summed E-state index contributed by atoms with van der Waals surface area (Å²) in [5.41, 5.74) is 10.7. The number of carbonyl (C=O) groups excluding carboxylic acids is 2. The summed E-state index contributed by atoms with van der Waals surface area (Å²) in [7, 11) is -5.72. The van der Waals surface area contributed by atoms with Gasteiger partial charge in [0.15, 0.2) is 5.78 Å². The van der Waals surface area contributed by atoms with Crippen LogP contribution in [0.4, 0.5) is 11.4 Å². The van der Waals surface area contributed by atoms with Crippen molar-refractivity contribution >= 4 is 65.0 Å². The van der Waals surface area contributed by atoms with Gasteiger partial charge in [0, 0.05) is 28.4 Å². The van der Waals surface area contributed by atoms with E-state index in [1.54, 1.807) is 73.1 Å². The van der Waals surface area contributed by atoms with Gasteiger partial charge in [0.25, 0.3) is 0 Å². The van der Waals surface area contributed by atoms with Crippen LogP contribution in [0, 0.1) is 0 Å². The molecule has 16 heteroatoms. The normalized spacial score (nSPS) is 11.8. The number of sulfonamides is 2. The summed E-state index contributed by atoms with van der Waals surface area (Å²) in [4.78, 5) is 23.3. The van der Waals surface area contributed by atoms with Crippen LogP contribution < -0.4 is 14.3 Å². The summed E-state index contributed by atoms with van der Waals surface area (Å²) in [5, 5.41) is 10.7. The molecule has 0 radical (unpaired) electrons. The highest BCUT2D eigenvalue weighted by molar-refractivity contribution is 7.92. The van der Waals surface area contributed by atoms with Gasteiger partial charge in [0.1, 0.15) is 0 Å². The maximum atomic E-state index is 12.5. The van der Waals surface area contributed by atoms with Crippen LogP contribution in [0.1, 0.15) is 71.6 Å². The highest BCUT2D eigenvalue weighted by atomic mass is 32.2. The molecule has 0 bridgehead atoms. The second-order valence-electron chi connectivity index (χ2n) is 13.9. The Morgan fingerprint density at radius 3 is 1.39 bits per heavy atom. The summed E-state index contributed by atoms with van der Waals surface area (Å²) >= 11 is 0. The SMILES string of the molecule is CC(C)n1ncc2ccc(N(Cc3ccc(C(=O)CN)cc3)S(C)(=O)=O)cc21.COC(=O)c1ccc(CN(c2ccc3cnn(C(C)C)c3c2)S(C)(=O)=O)cc1. The first-order valence-corrected chi connectivity index (χ1v) is 21.5. The predicted molar refractivity (Wildman–Crippen MR) is 220 cm³/mol. The van der Waals surface area contributed by atoms with Crippen molar-refractivity contribution in [3.8, 4) is 0 Å². The molecule has 2 heterocycles. The lowest BCUT2D eigenvalue weighted by Crippen LogP contribution is -2.29. The van der Waals surface area contributed by atoms with E-state index in [1.807, 2.05) is 61.3 Å². The number of nitrogens with two attached hydrogens (primary N) is 1. The third-order valence-corrected chi connectivity index (χ3v) is 11.3. The first-order valence-electron chi connectivity index (χ1n) is 17.8. The number of rotatable bonds is 13. The van der Waals surface area contributed by atoms with Gasteiger partial charge in [-0.1, -0.05) is 36.4 Å². The fraction of sp³-hybridized carbons (Fsp3) is 0.300. The Morgan fingerprint density at radius 2 is 1.05 bits per heavy atom. The largest absolute Gasteiger partial charge is 0.465 e. The van der Waals surface area contributed by atoms with E-state index in [4.69, 9.17) is 10.5 Å². The van der Waals surface area contributed by atoms with E-state index >= 15 is 0 Å². The van der Waals surface area contributed by atoms with Gasteiger partial charge >= 0.3 is 5.97 Å². The second-order valence-corrected chi connectivity index (χ2v) is 17.7. The number of hydrogen-bond acceptors (Lipinski definition) is 10. The molecule has 0 spiro atoms. The van der Waals surface area contributed by atoms with E-state index in [0.717, 1.165) is 32.9 Å². The van der Waals surface area contributed by atoms with Crippen molar-refractivity contribution in [2.24, 2.45) is 5.73 Å². The number of carbonyl (C=O) groups is 2. The number of aromatic nitrogens is 4. The molecule has 2 N–H and O–H groups in total. The van der Waals surface area contributed by atoms with Crippen molar-refractivity contribution in [2.45, 2.75) is 52.9 Å². The third kappa shape index (κ3) is 9.61. The molecule has 2 aromatic heterocycles. The molecule has 0 unspecified atom stereocenters. The molecule has 0 amide bonds. The highest BCUT2D eigenvalue weighted by Crippen LogP contribution is 2.29. The molecule has 0 fully saturated rings. The molecule has 0 atom stereocenters. The first-order chi connectivity index (χ1) is 26.4. The highest BCUT2D eigenvalue weighted by Gasteiger charge is 2.21. The molecule has 0 aliphatic rings. The van der Waals surface area contributed by atoms with Crippen LogP contribution in [0.25, 0.3) is 21.8 Å². The van der Waals surface area contributed by atoms with Crippen LogP contribution in [0.3, 0.4) is 0 Å². The number of ether oxygens (including phenoxy) is 1. The molecule has 6 rings (SSSR count). The lowest BCUT2D eigenvalue weighted by molar-refractivity contribution is 0.0600. The predicted octanol–water partition coefficient (Wildman–Crippen LogP) is 6.09. The molecule has 0 aliphatic carbocycles. The smallest absolute Gasteiger partial charge is 0.337 e. The Hall–Kier alpha value is -5.58. The standard InChI is InChI=1S/C20H24N4O3S.C20H23N3O4S/c1-14(2)24-19-10-18(9-8-17(19)12-22-24)23(28(3,26)27)13-15-4-6-16(7-5-15)20(25)11-21;1-14(2)23-19-11-18(10-9-17(19)12-21-23)22(28(4,25)26)13-15-5-7-16(8-6-15)20(24)27-3/h4-10,12,14H,11,13,21H2,1-3H3;5-12,14H,13H2,1-4H3. The lowest BCUT2D eigenvalue weighted by Gasteiger charge is -2.23. The number of fused-ring (bicyclic) bond motifs is 2. The van der Waals surface area contributed by atoms with Gasteiger partial charge in [-0.15, -0.1) is 0 Å². The van der Waals surface area contributed by atoms with E-state index in [-0.39, 0.29) is 37.5 Å². The van der Waals surface area contributed by atoms with Crippen LogP contribution in [-0.2, 0) is 37.9 Å². The molecule has 0 saturated carbocycles. The van der Waals surface area contributed by atoms with Crippen molar-refractivity contribution in [3.05, 3.63) is 120 Å². The van der Waals surface area contributed by atoms with Crippen molar-refractivity contribution in [1.82, 2.24) is 19.6 Å². The maximum absolute atomic E-state index is 12.5. The van der Waals surface area contributed by atoms with E-state index in [2.05, 4.69) is 10.2 Å². The van der Waals surface area contributed by atoms with Crippen LogP contribution >= 0.6 is 0 Å². The van der Waals surface area contributed by atoms with Crippen LogP contribution in [0.5, 0.6) is 0 Å². The minimum Gasteiger partial charge on any atom is -0.465 e. The van der Waals surface area contributed by atoms with E-state index < -0.39 is 26.0 Å². The Labute approximate surface area is 327 Å². The van der Waals surface area contributed by atoms with Crippen LogP contribution in [-0.4, -0.2) is 74.3 Å². The number of nitrogens with zero attached hydrogens (tertiary/aromatic N) is 6. The van der Waals surface area contributed by atoms with Crippen LogP contribution in [0.15, 0.2) is 97.3 Å². The number of Topliss-reactive ketones (excluding diaryl/α,β-unsaturated/α-hetero) is 1. The van der Waals surface area contributed by atoms with Crippen molar-refractivity contribution in [1.29, 1.82) is 0 Å². The van der Waals surface area contributed by atoms with Crippen molar-refractivity contribution in [2.75, 3.05) is 34.8 Å². The minimum atomic E-state index is -3.52. The molecule has 0 saturated heterocycles. The summed E-state index contributed by atoms with van der Waals surface area (Å²) in [6, 6.07) is 24.8. The van der Waals surface area contributed by atoms with Gasteiger partial charge < -0.3 is 10.5 Å². The quantitative estimate of drug-likeness (QED) is 0.106. The van der Waals surface area contributed by atoms with E-state index in [1.165, 1.54) is 28.2 Å². The molecule has 14 nitrogen and oxygen atoms in total. The number of hydrogen-bond donors (Lipinski definition) is 1. The number of methoxy groups -OCH3 is 1. The topological polar surface area (TPSA) is 180 Å². The Balaban J connectivity index is 0.000000214. The van der Waals surface area contributed by atoms with Gasteiger partial charge in [-0.2, -0.15) is 10.2 Å². The Kier molecular flexibility index (Phi) is 12.7. The maximum Gasteiger partial charge on any atom is 0.337 e. The number of benzene rings is 4. The summed E-state index contributed by atoms with van der Waals surface area (Å²) < 4.78 is 61.0. The van der Waals surface area contributed by atoms with Gasteiger partial charge in [-0.3, -0.25) is 22.8 Å². The molecular formula is C40H47N7O7S2. The number of ketones is 1. The molecule has 4 aromatic carbocycles. The van der Waals surface area contributed by atoms with Crippen molar-refractivity contribution < 1.29 is 31.2 Å². The van der Waals surface area contributed by atoms with Gasteiger partial charge in [0.05, 0.1) is 79.6 Å². The lowest BCUT2D eigenvalue weighted by atomic mass is 10.1. The molecule has 6 aromatic rings.